The van der Waals surface area contributed by atoms with Crippen molar-refractivity contribution in [2.24, 2.45) is 0 Å². The van der Waals surface area contributed by atoms with Crippen LogP contribution in [-0.2, 0) is 32.6 Å². The number of fused-ring (bicyclic) bond motifs is 1. The number of unbranched alkanes of at least 4 members (excludes halogenated alkanes) is 1. The Labute approximate surface area is 275 Å². The molecule has 4 rings (SSSR count). The zero-order valence-electron chi connectivity index (χ0n) is 25.5. The first-order valence-electron chi connectivity index (χ1n) is 15.0. The topological polar surface area (TPSA) is 105 Å². The highest BCUT2D eigenvalue weighted by molar-refractivity contribution is 7.92. The lowest BCUT2D eigenvalue weighted by Crippen LogP contribution is -2.50. The van der Waals surface area contributed by atoms with Gasteiger partial charge in [0, 0.05) is 48.6 Å². The fourth-order valence-electron chi connectivity index (χ4n) is 5.08. The molecule has 1 heterocycles. The van der Waals surface area contributed by atoms with E-state index in [1.165, 1.54) is 9.21 Å². The van der Waals surface area contributed by atoms with Gasteiger partial charge in [0.2, 0.25) is 21.8 Å². The van der Waals surface area contributed by atoms with Gasteiger partial charge in [-0.2, -0.15) is 0 Å². The van der Waals surface area contributed by atoms with Crippen molar-refractivity contribution < 1.29 is 27.5 Å². The van der Waals surface area contributed by atoms with Gasteiger partial charge >= 0.3 is 0 Å². The number of anilines is 1. The van der Waals surface area contributed by atoms with Crippen LogP contribution in [0.2, 0.25) is 10.0 Å². The Morgan fingerprint density at radius 1 is 0.956 bits per heavy atom. The molecule has 1 aliphatic rings. The molecule has 0 fully saturated rings. The third-order valence-electron chi connectivity index (χ3n) is 7.42. The van der Waals surface area contributed by atoms with Crippen molar-refractivity contribution in [2.45, 2.75) is 51.6 Å². The molecular weight excluding hydrogens is 637 g/mol. The van der Waals surface area contributed by atoms with Gasteiger partial charge in [-0.3, -0.25) is 13.9 Å². The lowest BCUT2D eigenvalue weighted by Gasteiger charge is -2.32. The van der Waals surface area contributed by atoms with Crippen LogP contribution in [0.25, 0.3) is 0 Å². The maximum Gasteiger partial charge on any atom is 0.243 e. The van der Waals surface area contributed by atoms with Crippen LogP contribution in [0, 0.1) is 0 Å². The van der Waals surface area contributed by atoms with Crippen LogP contribution in [0.15, 0.2) is 66.7 Å². The molecule has 9 nitrogen and oxygen atoms in total. The molecule has 0 saturated heterocycles. The standard InChI is InChI=1S/C33H39Cl2N3O6S/c1-3-4-16-36-33(40)29(20-24-9-6-5-7-10-24)37(23-25-12-13-26(34)21-28(25)35)32(39)11-8-17-38(45(2,41)42)27-14-15-30-31(22-27)44-19-18-43-30/h5-7,9-10,12-15,21-22,29H,3-4,8,11,16-20,23H2,1-2H3,(H,36,40). The van der Waals surface area contributed by atoms with Crippen molar-refractivity contribution in [3.8, 4) is 11.5 Å². The summed E-state index contributed by atoms with van der Waals surface area (Å²) in [5, 5.41) is 3.83. The highest BCUT2D eigenvalue weighted by Crippen LogP contribution is 2.35. The second kappa shape index (κ2) is 16.2. The Bertz CT molecular complexity index is 1570. The summed E-state index contributed by atoms with van der Waals surface area (Å²) in [6.07, 6.45) is 3.34. The first-order chi connectivity index (χ1) is 21.6. The van der Waals surface area contributed by atoms with Crippen LogP contribution in [0.3, 0.4) is 0 Å². The second-order valence-electron chi connectivity index (χ2n) is 10.9. The number of nitrogens with zero attached hydrogens (tertiary/aromatic N) is 2. The van der Waals surface area contributed by atoms with Crippen LogP contribution in [0.4, 0.5) is 5.69 Å². The van der Waals surface area contributed by atoms with Gasteiger partial charge in [0.15, 0.2) is 11.5 Å². The van der Waals surface area contributed by atoms with E-state index in [1.807, 2.05) is 37.3 Å². The van der Waals surface area contributed by atoms with Crippen LogP contribution in [-0.4, -0.2) is 63.7 Å². The number of hydrogen-bond donors (Lipinski definition) is 1. The molecule has 242 valence electrons. The van der Waals surface area contributed by atoms with Crippen molar-refractivity contribution in [1.29, 1.82) is 0 Å². The molecule has 1 aliphatic heterocycles. The Morgan fingerprint density at radius 3 is 2.38 bits per heavy atom. The number of halogens is 2. The number of carbonyl (C=O) groups excluding carboxylic acids is 2. The first-order valence-corrected chi connectivity index (χ1v) is 17.6. The third-order valence-corrected chi connectivity index (χ3v) is 9.20. The number of sulfonamides is 1. The molecule has 1 atom stereocenters. The van der Waals surface area contributed by atoms with E-state index in [-0.39, 0.29) is 37.7 Å². The predicted octanol–water partition coefficient (Wildman–Crippen LogP) is 5.87. The van der Waals surface area contributed by atoms with Crippen molar-refractivity contribution in [2.75, 3.05) is 36.9 Å². The van der Waals surface area contributed by atoms with Crippen LogP contribution in [0.5, 0.6) is 11.5 Å². The van der Waals surface area contributed by atoms with Gasteiger partial charge in [-0.25, -0.2) is 8.42 Å². The van der Waals surface area contributed by atoms with Crippen LogP contribution >= 0.6 is 23.2 Å². The van der Waals surface area contributed by atoms with Gasteiger partial charge in [-0.05, 0) is 48.2 Å². The first kappa shape index (κ1) is 34.4. The molecule has 45 heavy (non-hydrogen) atoms. The van der Waals surface area contributed by atoms with E-state index in [0.29, 0.717) is 59.0 Å². The monoisotopic (exact) mass is 675 g/mol. The Balaban J connectivity index is 1.59. The zero-order chi connectivity index (χ0) is 32.4. The van der Waals surface area contributed by atoms with Crippen molar-refractivity contribution in [1.82, 2.24) is 10.2 Å². The van der Waals surface area contributed by atoms with E-state index in [4.69, 9.17) is 32.7 Å². The number of hydrogen-bond acceptors (Lipinski definition) is 6. The van der Waals surface area contributed by atoms with Gasteiger partial charge in [-0.1, -0.05) is 72.9 Å². The Morgan fingerprint density at radius 2 is 1.69 bits per heavy atom. The third kappa shape index (κ3) is 9.76. The molecule has 1 unspecified atom stereocenters. The lowest BCUT2D eigenvalue weighted by atomic mass is 10.0. The molecule has 0 aromatic heterocycles. The van der Waals surface area contributed by atoms with Gasteiger partial charge < -0.3 is 19.7 Å². The van der Waals surface area contributed by atoms with Crippen molar-refractivity contribution in [3.63, 3.8) is 0 Å². The van der Waals surface area contributed by atoms with E-state index in [2.05, 4.69) is 5.32 Å². The normalized spacial score (nSPS) is 13.2. The van der Waals surface area contributed by atoms with E-state index in [9.17, 15) is 18.0 Å². The number of carbonyl (C=O) groups is 2. The summed E-state index contributed by atoms with van der Waals surface area (Å²) in [5.74, 6) is 0.446. The number of benzene rings is 3. The summed E-state index contributed by atoms with van der Waals surface area (Å²) in [7, 11) is -3.69. The number of rotatable bonds is 15. The predicted molar refractivity (Wildman–Crippen MR) is 178 cm³/mol. The number of amides is 2. The molecule has 3 aromatic rings. The summed E-state index contributed by atoms with van der Waals surface area (Å²) >= 11 is 12.7. The fraction of sp³-hybridized carbons (Fsp3) is 0.394. The molecule has 0 aliphatic carbocycles. The summed E-state index contributed by atoms with van der Waals surface area (Å²) in [6, 6.07) is 18.7. The highest BCUT2D eigenvalue weighted by atomic mass is 35.5. The minimum atomic E-state index is -3.69. The molecule has 0 saturated carbocycles. The van der Waals surface area contributed by atoms with E-state index in [1.54, 1.807) is 36.4 Å². The molecule has 0 spiro atoms. The maximum atomic E-state index is 14.0. The molecular formula is C33H39Cl2N3O6S. The minimum absolute atomic E-state index is 0.00465. The summed E-state index contributed by atoms with van der Waals surface area (Å²) < 4.78 is 38.1. The van der Waals surface area contributed by atoms with Crippen molar-refractivity contribution >= 4 is 50.7 Å². The van der Waals surface area contributed by atoms with E-state index in [0.717, 1.165) is 24.7 Å². The minimum Gasteiger partial charge on any atom is -0.486 e. The lowest BCUT2D eigenvalue weighted by molar-refractivity contribution is -0.141. The van der Waals surface area contributed by atoms with Crippen LogP contribution < -0.4 is 19.1 Å². The summed E-state index contributed by atoms with van der Waals surface area (Å²) in [5.41, 5.74) is 1.95. The maximum absolute atomic E-state index is 14.0. The molecule has 1 N–H and O–H groups in total. The Hall–Kier alpha value is -3.47. The van der Waals surface area contributed by atoms with Crippen molar-refractivity contribution in [3.05, 3.63) is 87.9 Å². The molecule has 3 aromatic carbocycles. The zero-order valence-corrected chi connectivity index (χ0v) is 27.8. The number of ether oxygens (including phenoxy) is 2. The van der Waals surface area contributed by atoms with E-state index >= 15 is 0 Å². The average molecular weight is 677 g/mol. The SMILES string of the molecule is CCCCNC(=O)C(Cc1ccccc1)N(Cc1ccc(Cl)cc1Cl)C(=O)CCCN(c1ccc2c(c1)OCCO2)S(C)(=O)=O. The van der Waals surface area contributed by atoms with Gasteiger partial charge in [0.25, 0.3) is 0 Å². The van der Waals surface area contributed by atoms with E-state index < -0.39 is 16.1 Å². The molecule has 2 amide bonds. The largest absolute Gasteiger partial charge is 0.486 e. The second-order valence-corrected chi connectivity index (χ2v) is 13.6. The Kier molecular flexibility index (Phi) is 12.4. The van der Waals surface area contributed by atoms with Gasteiger partial charge in [0.05, 0.1) is 11.9 Å². The molecule has 12 heteroatoms. The van der Waals surface area contributed by atoms with Crippen LogP contribution in [0.1, 0.15) is 43.7 Å². The summed E-state index contributed by atoms with van der Waals surface area (Å²) in [6.45, 7) is 3.44. The van der Waals surface area contributed by atoms with Gasteiger partial charge in [0.1, 0.15) is 19.3 Å². The van der Waals surface area contributed by atoms with Gasteiger partial charge in [-0.15, -0.1) is 0 Å². The highest BCUT2D eigenvalue weighted by Gasteiger charge is 2.31. The quantitative estimate of drug-likeness (QED) is 0.202. The fourth-order valence-corrected chi connectivity index (χ4v) is 6.51. The summed E-state index contributed by atoms with van der Waals surface area (Å²) in [4.78, 5) is 29.2. The average Bonchev–Trinajstić information content (AvgIpc) is 3.01. The number of nitrogens with one attached hydrogen (secondary N) is 1. The molecule has 0 radical (unpaired) electrons. The smallest absolute Gasteiger partial charge is 0.243 e. The molecule has 0 bridgehead atoms.